The maximum atomic E-state index is 13.5. The molecule has 7 nitrogen and oxygen atoms in total. The Labute approximate surface area is 194 Å². The quantitative estimate of drug-likeness (QED) is 0.607. The van der Waals surface area contributed by atoms with Gasteiger partial charge in [0.2, 0.25) is 15.9 Å². The molecule has 3 rings (SSSR count). The van der Waals surface area contributed by atoms with E-state index in [4.69, 9.17) is 0 Å². The van der Waals surface area contributed by atoms with Gasteiger partial charge in [0.05, 0.1) is 4.90 Å². The molecule has 1 amide bonds. The van der Waals surface area contributed by atoms with Crippen LogP contribution in [0.4, 0.5) is 0 Å². The van der Waals surface area contributed by atoms with Crippen LogP contribution in [0.15, 0.2) is 29.2 Å². The number of aryl methyl sites for hydroxylation is 1. The summed E-state index contributed by atoms with van der Waals surface area (Å²) < 4.78 is 28.6. The van der Waals surface area contributed by atoms with Gasteiger partial charge >= 0.3 is 0 Å². The number of nitrogens with zero attached hydrogens (tertiary/aromatic N) is 3. The van der Waals surface area contributed by atoms with Gasteiger partial charge in [0.1, 0.15) is 0 Å². The first-order chi connectivity index (χ1) is 15.3. The van der Waals surface area contributed by atoms with Crippen molar-refractivity contribution in [3.63, 3.8) is 0 Å². The molecule has 32 heavy (non-hydrogen) atoms. The van der Waals surface area contributed by atoms with E-state index in [1.54, 1.807) is 12.1 Å². The van der Waals surface area contributed by atoms with E-state index in [0.717, 1.165) is 37.9 Å². The third-order valence-electron chi connectivity index (χ3n) is 7.00. The number of benzene rings is 1. The average molecular weight is 465 g/mol. The molecule has 0 unspecified atom stereocenters. The number of hydrogen-bond acceptors (Lipinski definition) is 5. The molecule has 2 aliphatic rings. The smallest absolute Gasteiger partial charge is 0.243 e. The van der Waals surface area contributed by atoms with Crippen LogP contribution >= 0.6 is 0 Å². The van der Waals surface area contributed by atoms with Crippen molar-refractivity contribution in [2.45, 2.75) is 69.9 Å². The van der Waals surface area contributed by atoms with Gasteiger partial charge in [-0.25, -0.2) is 8.42 Å². The number of hydrogen-bond donors (Lipinski definition) is 1. The van der Waals surface area contributed by atoms with E-state index in [9.17, 15) is 13.2 Å². The summed E-state index contributed by atoms with van der Waals surface area (Å²) in [6.45, 7) is 10.8. The van der Waals surface area contributed by atoms with Gasteiger partial charge in [-0.1, -0.05) is 25.5 Å². The molecule has 2 atom stereocenters. The van der Waals surface area contributed by atoms with Crippen LogP contribution in [0.2, 0.25) is 0 Å². The first-order valence-corrected chi connectivity index (χ1v) is 13.6. The topological polar surface area (TPSA) is 73.0 Å². The highest BCUT2D eigenvalue weighted by Gasteiger charge is 2.29. The standard InChI is InChI=1S/C24H40N4O3S/c1-4-22-8-10-23(11-9-22)32(30,31)27(15-12-24(29)26-16-13-25-14-17-26)18-19-28-20(2)6-5-7-21(28)3/h8-11,20-21,25H,4-7,12-19H2,1-3H3/t20-,21-/m0/s1. The van der Waals surface area contributed by atoms with Gasteiger partial charge in [-0.05, 0) is 50.8 Å². The van der Waals surface area contributed by atoms with Crippen molar-refractivity contribution in [3.8, 4) is 0 Å². The summed E-state index contributed by atoms with van der Waals surface area (Å²) >= 11 is 0. The molecule has 1 aromatic carbocycles. The summed E-state index contributed by atoms with van der Waals surface area (Å²) in [5.41, 5.74) is 1.11. The zero-order chi connectivity index (χ0) is 23.1. The van der Waals surface area contributed by atoms with Crippen LogP contribution in [0.3, 0.4) is 0 Å². The Morgan fingerprint density at radius 2 is 1.69 bits per heavy atom. The fourth-order valence-corrected chi connectivity index (χ4v) is 6.27. The highest BCUT2D eigenvalue weighted by atomic mass is 32.2. The van der Waals surface area contributed by atoms with Crippen molar-refractivity contribution in [2.75, 3.05) is 45.8 Å². The maximum absolute atomic E-state index is 13.5. The Balaban J connectivity index is 1.73. The van der Waals surface area contributed by atoms with E-state index >= 15 is 0 Å². The van der Waals surface area contributed by atoms with Crippen LogP contribution in [-0.4, -0.2) is 86.3 Å². The third kappa shape index (κ3) is 6.31. The van der Waals surface area contributed by atoms with E-state index in [-0.39, 0.29) is 18.9 Å². The number of carbonyl (C=O) groups excluding carboxylic acids is 1. The van der Waals surface area contributed by atoms with Crippen molar-refractivity contribution >= 4 is 15.9 Å². The predicted molar refractivity (Wildman–Crippen MR) is 128 cm³/mol. The van der Waals surface area contributed by atoms with Crippen LogP contribution in [-0.2, 0) is 21.2 Å². The van der Waals surface area contributed by atoms with Gasteiger partial charge in [-0.3, -0.25) is 9.69 Å². The van der Waals surface area contributed by atoms with Crippen LogP contribution in [0.1, 0.15) is 52.0 Å². The molecule has 0 spiro atoms. The number of piperazine rings is 1. The second-order valence-electron chi connectivity index (χ2n) is 9.15. The molecule has 1 N–H and O–H groups in total. The molecule has 0 aliphatic carbocycles. The molecule has 0 bridgehead atoms. The summed E-state index contributed by atoms with van der Waals surface area (Å²) in [6, 6.07) is 8.07. The molecule has 2 aliphatic heterocycles. The summed E-state index contributed by atoms with van der Waals surface area (Å²) in [4.78, 5) is 17.3. The predicted octanol–water partition coefficient (Wildman–Crippen LogP) is 2.32. The Hall–Kier alpha value is -1.48. The van der Waals surface area contributed by atoms with E-state index < -0.39 is 10.0 Å². The molecule has 0 radical (unpaired) electrons. The third-order valence-corrected chi connectivity index (χ3v) is 8.91. The molecule has 2 heterocycles. The molecular formula is C24H40N4O3S. The largest absolute Gasteiger partial charge is 0.340 e. The number of carbonyl (C=O) groups is 1. The number of sulfonamides is 1. The average Bonchev–Trinajstić information content (AvgIpc) is 2.80. The van der Waals surface area contributed by atoms with Crippen LogP contribution in [0.25, 0.3) is 0 Å². The number of nitrogens with one attached hydrogen (secondary N) is 1. The summed E-state index contributed by atoms with van der Waals surface area (Å²) in [5, 5.41) is 3.25. The minimum absolute atomic E-state index is 0.0349. The first kappa shape index (κ1) is 25.1. The van der Waals surface area contributed by atoms with E-state index in [1.165, 1.54) is 10.7 Å². The monoisotopic (exact) mass is 464 g/mol. The summed E-state index contributed by atoms with van der Waals surface area (Å²) in [5.74, 6) is 0.0349. The van der Waals surface area contributed by atoms with Gasteiger partial charge in [0.15, 0.2) is 0 Å². The van der Waals surface area contributed by atoms with Gasteiger partial charge in [-0.2, -0.15) is 4.31 Å². The first-order valence-electron chi connectivity index (χ1n) is 12.2. The fourth-order valence-electron chi connectivity index (χ4n) is 4.83. The Morgan fingerprint density at radius 1 is 1.06 bits per heavy atom. The molecule has 1 aromatic rings. The van der Waals surface area contributed by atoms with Crippen LogP contribution in [0, 0.1) is 0 Å². The highest BCUT2D eigenvalue weighted by molar-refractivity contribution is 7.89. The summed E-state index contributed by atoms with van der Waals surface area (Å²) in [6.07, 6.45) is 4.61. The normalized spacial score (nSPS) is 22.9. The highest BCUT2D eigenvalue weighted by Crippen LogP contribution is 2.23. The van der Waals surface area contributed by atoms with Crippen molar-refractivity contribution in [3.05, 3.63) is 29.8 Å². The number of rotatable bonds is 9. The van der Waals surface area contributed by atoms with Gasteiger partial charge in [0.25, 0.3) is 0 Å². The zero-order valence-corrected chi connectivity index (χ0v) is 20.7. The van der Waals surface area contributed by atoms with Crippen molar-refractivity contribution in [1.29, 1.82) is 0 Å². The van der Waals surface area contributed by atoms with E-state index in [2.05, 4.69) is 31.0 Å². The minimum Gasteiger partial charge on any atom is -0.340 e. The van der Waals surface area contributed by atoms with Crippen molar-refractivity contribution in [2.24, 2.45) is 0 Å². The second-order valence-corrected chi connectivity index (χ2v) is 11.1. The van der Waals surface area contributed by atoms with Gasteiger partial charge in [-0.15, -0.1) is 0 Å². The number of amides is 1. The molecular weight excluding hydrogens is 424 g/mol. The molecule has 180 valence electrons. The lowest BCUT2D eigenvalue weighted by atomic mass is 9.98. The Bertz CT molecular complexity index is 827. The van der Waals surface area contributed by atoms with Crippen LogP contribution in [0.5, 0.6) is 0 Å². The fraction of sp³-hybridized carbons (Fsp3) is 0.708. The number of likely N-dealkylation sites (tertiary alicyclic amines) is 1. The summed E-state index contributed by atoms with van der Waals surface area (Å²) in [7, 11) is -3.66. The van der Waals surface area contributed by atoms with Crippen LogP contribution < -0.4 is 5.32 Å². The lowest BCUT2D eigenvalue weighted by molar-refractivity contribution is -0.131. The van der Waals surface area contributed by atoms with E-state index in [1.807, 2.05) is 17.0 Å². The van der Waals surface area contributed by atoms with E-state index in [0.29, 0.717) is 43.2 Å². The Morgan fingerprint density at radius 3 is 2.28 bits per heavy atom. The maximum Gasteiger partial charge on any atom is 0.243 e. The SMILES string of the molecule is CCc1ccc(S(=O)(=O)N(CCC(=O)N2CCNCC2)CCN2[C@@H](C)CCC[C@@H]2C)cc1. The van der Waals surface area contributed by atoms with Crippen molar-refractivity contribution in [1.82, 2.24) is 19.4 Å². The molecule has 8 heteroatoms. The number of piperidine rings is 1. The molecule has 2 fully saturated rings. The van der Waals surface area contributed by atoms with Crippen molar-refractivity contribution < 1.29 is 13.2 Å². The molecule has 2 saturated heterocycles. The zero-order valence-electron chi connectivity index (χ0n) is 19.9. The van der Waals surface area contributed by atoms with Gasteiger partial charge in [0, 0.05) is 64.3 Å². The molecule has 0 saturated carbocycles. The molecule has 0 aromatic heterocycles. The lowest BCUT2D eigenvalue weighted by Gasteiger charge is -2.40. The lowest BCUT2D eigenvalue weighted by Crippen LogP contribution is -2.49. The van der Waals surface area contributed by atoms with Gasteiger partial charge < -0.3 is 10.2 Å². The second kappa shape index (κ2) is 11.6. The Kier molecular flexibility index (Phi) is 9.11. The minimum atomic E-state index is -3.66.